The van der Waals surface area contributed by atoms with Gasteiger partial charge >= 0.3 is 7.82 Å². The molecule has 0 aromatic rings. The quantitative estimate of drug-likeness (QED) is 0.313. The SMILES string of the molecule is O=P(O)(O)O.OC1CCCNC1. The topological polar surface area (TPSA) is 110 Å². The average molecular weight is 199 g/mol. The van der Waals surface area contributed by atoms with Crippen molar-refractivity contribution < 1.29 is 24.4 Å². The molecule has 1 aliphatic rings. The lowest BCUT2D eigenvalue weighted by Gasteiger charge is -2.16. The van der Waals surface area contributed by atoms with Gasteiger partial charge in [0.1, 0.15) is 0 Å². The van der Waals surface area contributed by atoms with Crippen LogP contribution in [-0.2, 0) is 4.57 Å². The van der Waals surface area contributed by atoms with Gasteiger partial charge in [0.15, 0.2) is 0 Å². The van der Waals surface area contributed by atoms with Gasteiger partial charge in [-0.05, 0) is 19.4 Å². The van der Waals surface area contributed by atoms with Crippen LogP contribution in [-0.4, -0.2) is 39.0 Å². The van der Waals surface area contributed by atoms with Crippen LogP contribution in [0.25, 0.3) is 0 Å². The molecular formula is C5H14NO5P. The predicted octanol–water partition coefficient (Wildman–Crippen LogP) is -1.20. The molecule has 1 atom stereocenters. The first-order valence-corrected chi connectivity index (χ1v) is 5.13. The number of aliphatic hydroxyl groups excluding tert-OH is 1. The van der Waals surface area contributed by atoms with Gasteiger partial charge in [-0.15, -0.1) is 0 Å². The fourth-order valence-corrected chi connectivity index (χ4v) is 0.833. The molecule has 0 spiro atoms. The molecule has 5 N–H and O–H groups in total. The number of β-amino-alcohol motifs (C(OH)–C–C–N with tert-alkyl or cyclic N) is 1. The lowest BCUT2D eigenvalue weighted by molar-refractivity contribution is 0.142. The van der Waals surface area contributed by atoms with E-state index in [0.29, 0.717) is 0 Å². The van der Waals surface area contributed by atoms with E-state index in [1.54, 1.807) is 0 Å². The van der Waals surface area contributed by atoms with Crippen LogP contribution in [0.2, 0.25) is 0 Å². The normalized spacial score (nSPS) is 24.2. The van der Waals surface area contributed by atoms with E-state index in [1.165, 1.54) is 0 Å². The van der Waals surface area contributed by atoms with Crippen LogP contribution >= 0.6 is 7.82 Å². The third-order valence-electron chi connectivity index (χ3n) is 1.27. The third-order valence-corrected chi connectivity index (χ3v) is 1.27. The second-order valence-electron chi connectivity index (χ2n) is 2.51. The zero-order valence-corrected chi connectivity index (χ0v) is 7.44. The van der Waals surface area contributed by atoms with Crippen LogP contribution in [0.5, 0.6) is 0 Å². The van der Waals surface area contributed by atoms with Gasteiger partial charge in [0.25, 0.3) is 0 Å². The summed E-state index contributed by atoms with van der Waals surface area (Å²) in [5.74, 6) is 0. The number of hydrogen-bond donors (Lipinski definition) is 5. The molecular weight excluding hydrogens is 185 g/mol. The molecule has 1 fully saturated rings. The Morgan fingerprint density at radius 1 is 1.33 bits per heavy atom. The van der Waals surface area contributed by atoms with E-state index in [4.69, 9.17) is 24.4 Å². The molecule has 1 saturated heterocycles. The van der Waals surface area contributed by atoms with Crippen molar-refractivity contribution in [3.8, 4) is 0 Å². The first-order chi connectivity index (χ1) is 5.39. The van der Waals surface area contributed by atoms with Crippen LogP contribution in [0.3, 0.4) is 0 Å². The van der Waals surface area contributed by atoms with E-state index in [0.717, 1.165) is 25.9 Å². The van der Waals surface area contributed by atoms with Crippen molar-refractivity contribution >= 4 is 7.82 Å². The van der Waals surface area contributed by atoms with Gasteiger partial charge in [0.2, 0.25) is 0 Å². The molecule has 0 radical (unpaired) electrons. The fourth-order valence-electron chi connectivity index (χ4n) is 0.833. The smallest absolute Gasteiger partial charge is 0.392 e. The first kappa shape index (κ1) is 12.0. The van der Waals surface area contributed by atoms with Crippen LogP contribution in [0.4, 0.5) is 0 Å². The lowest BCUT2D eigenvalue weighted by Crippen LogP contribution is -2.33. The van der Waals surface area contributed by atoms with E-state index in [1.807, 2.05) is 0 Å². The minimum atomic E-state index is -4.64. The molecule has 1 heterocycles. The Bertz CT molecular complexity index is 144. The highest BCUT2D eigenvalue weighted by molar-refractivity contribution is 7.45. The van der Waals surface area contributed by atoms with Crippen LogP contribution in [0.1, 0.15) is 12.8 Å². The van der Waals surface area contributed by atoms with E-state index in [9.17, 15) is 0 Å². The summed E-state index contributed by atoms with van der Waals surface area (Å²) in [7, 11) is -4.64. The van der Waals surface area contributed by atoms with E-state index >= 15 is 0 Å². The molecule has 0 saturated carbocycles. The fraction of sp³-hybridized carbons (Fsp3) is 1.00. The second-order valence-corrected chi connectivity index (χ2v) is 3.54. The van der Waals surface area contributed by atoms with Crippen molar-refractivity contribution in [2.75, 3.05) is 13.1 Å². The Morgan fingerprint density at radius 2 is 1.83 bits per heavy atom. The Balaban J connectivity index is 0.000000217. The molecule has 0 aliphatic carbocycles. The summed E-state index contributed by atoms with van der Waals surface area (Å²) in [6.07, 6.45) is 2.03. The number of nitrogens with one attached hydrogen (secondary N) is 1. The molecule has 1 rings (SSSR count). The van der Waals surface area contributed by atoms with Crippen LogP contribution < -0.4 is 5.32 Å². The minimum absolute atomic E-state index is 0.0752. The monoisotopic (exact) mass is 199 g/mol. The van der Waals surface area contributed by atoms with Crippen molar-refractivity contribution in [1.82, 2.24) is 5.32 Å². The molecule has 6 nitrogen and oxygen atoms in total. The zero-order chi connectivity index (χ0) is 9.61. The summed E-state index contributed by atoms with van der Waals surface area (Å²) in [6, 6.07) is 0. The minimum Gasteiger partial charge on any atom is -0.392 e. The summed E-state index contributed by atoms with van der Waals surface area (Å²) in [4.78, 5) is 21.6. The molecule has 12 heavy (non-hydrogen) atoms. The van der Waals surface area contributed by atoms with Gasteiger partial charge in [-0.1, -0.05) is 0 Å². The Labute approximate surface area is 70.5 Å². The van der Waals surface area contributed by atoms with E-state index in [-0.39, 0.29) is 6.10 Å². The summed E-state index contributed by atoms with van der Waals surface area (Å²) in [5, 5.41) is 11.9. The molecule has 74 valence electrons. The van der Waals surface area contributed by atoms with Crippen molar-refractivity contribution in [3.63, 3.8) is 0 Å². The highest BCUT2D eigenvalue weighted by atomic mass is 31.2. The van der Waals surface area contributed by atoms with Gasteiger partial charge in [0.05, 0.1) is 6.10 Å². The molecule has 0 aromatic heterocycles. The van der Waals surface area contributed by atoms with Gasteiger partial charge in [-0.3, -0.25) is 0 Å². The third kappa shape index (κ3) is 12.7. The maximum Gasteiger partial charge on any atom is 0.466 e. The zero-order valence-electron chi connectivity index (χ0n) is 6.55. The number of hydrogen-bond acceptors (Lipinski definition) is 3. The molecule has 0 bridgehead atoms. The average Bonchev–Trinajstić information content (AvgIpc) is 1.85. The molecule has 1 aliphatic heterocycles. The maximum absolute atomic E-state index is 8.88. The van der Waals surface area contributed by atoms with Crippen molar-refractivity contribution in [1.29, 1.82) is 0 Å². The predicted molar refractivity (Wildman–Crippen MR) is 42.4 cm³/mol. The number of phosphoric acid groups is 1. The summed E-state index contributed by atoms with van der Waals surface area (Å²) in [6.45, 7) is 1.87. The van der Waals surface area contributed by atoms with E-state index < -0.39 is 7.82 Å². The molecule has 0 aromatic carbocycles. The highest BCUT2D eigenvalue weighted by Crippen LogP contribution is 2.25. The maximum atomic E-state index is 8.88. The Hall–Kier alpha value is 0.0300. The first-order valence-electron chi connectivity index (χ1n) is 3.56. The summed E-state index contributed by atoms with van der Waals surface area (Å²) < 4.78 is 8.88. The van der Waals surface area contributed by atoms with Crippen molar-refractivity contribution in [2.45, 2.75) is 18.9 Å². The van der Waals surface area contributed by atoms with Gasteiger partial charge in [-0.2, -0.15) is 0 Å². The number of piperidine rings is 1. The molecule has 7 heteroatoms. The number of rotatable bonds is 0. The standard InChI is InChI=1S/C5H11NO.H3O4P/c7-5-2-1-3-6-4-5;1-5(2,3)4/h5-7H,1-4H2;(H3,1,2,3,4). The van der Waals surface area contributed by atoms with Crippen molar-refractivity contribution in [3.05, 3.63) is 0 Å². The van der Waals surface area contributed by atoms with Gasteiger partial charge in [0, 0.05) is 6.54 Å². The highest BCUT2D eigenvalue weighted by Gasteiger charge is 2.06. The van der Waals surface area contributed by atoms with Crippen molar-refractivity contribution in [2.24, 2.45) is 0 Å². The van der Waals surface area contributed by atoms with Gasteiger partial charge < -0.3 is 25.1 Å². The number of aliphatic hydroxyl groups is 1. The van der Waals surface area contributed by atoms with Gasteiger partial charge in [-0.25, -0.2) is 4.57 Å². The van der Waals surface area contributed by atoms with Crippen LogP contribution in [0, 0.1) is 0 Å². The van der Waals surface area contributed by atoms with Crippen LogP contribution in [0.15, 0.2) is 0 Å². The Kier molecular flexibility index (Phi) is 5.65. The summed E-state index contributed by atoms with van der Waals surface area (Å²) >= 11 is 0. The second kappa shape index (κ2) is 5.64. The Morgan fingerprint density at radius 3 is 2.00 bits per heavy atom. The molecule has 1 unspecified atom stereocenters. The van der Waals surface area contributed by atoms with E-state index in [2.05, 4.69) is 5.32 Å². The lowest BCUT2D eigenvalue weighted by atomic mass is 10.1. The summed E-state index contributed by atoms with van der Waals surface area (Å²) in [5.41, 5.74) is 0. The molecule has 0 amide bonds. The largest absolute Gasteiger partial charge is 0.466 e.